The second-order valence-electron chi connectivity index (χ2n) is 5.10. The zero-order chi connectivity index (χ0) is 18.5. The van der Waals surface area contributed by atoms with Crippen molar-refractivity contribution in [1.82, 2.24) is 10.6 Å². The van der Waals surface area contributed by atoms with E-state index in [1.54, 1.807) is 24.3 Å². The van der Waals surface area contributed by atoms with Crippen LogP contribution in [0.5, 0.6) is 5.75 Å². The lowest BCUT2D eigenvalue weighted by Gasteiger charge is -2.08. The molecule has 0 aliphatic heterocycles. The standard InChI is InChI=1S/C17H24N2O6/c1-3-4-10-24-14-7-5-13(6-8-14)16(21)25-12-15(20)19-17(22)18-9-11-23-2/h5-8H,3-4,9-12H2,1-2H3,(H2,18,19,20,22). The van der Waals surface area contributed by atoms with Crippen molar-refractivity contribution >= 4 is 17.9 Å². The molecule has 0 aliphatic carbocycles. The third-order valence-electron chi connectivity index (χ3n) is 3.04. The van der Waals surface area contributed by atoms with Gasteiger partial charge in [0.05, 0.1) is 18.8 Å². The van der Waals surface area contributed by atoms with Crippen LogP contribution in [0.4, 0.5) is 4.79 Å². The first-order chi connectivity index (χ1) is 12.1. The minimum absolute atomic E-state index is 0.266. The number of nitrogens with one attached hydrogen (secondary N) is 2. The van der Waals surface area contributed by atoms with E-state index in [0.717, 1.165) is 12.8 Å². The Labute approximate surface area is 146 Å². The SMILES string of the molecule is CCCCOc1ccc(C(=O)OCC(=O)NC(=O)NCCOC)cc1. The molecular formula is C17H24N2O6. The summed E-state index contributed by atoms with van der Waals surface area (Å²) in [5.41, 5.74) is 0.292. The molecular weight excluding hydrogens is 328 g/mol. The van der Waals surface area contributed by atoms with Gasteiger partial charge >= 0.3 is 12.0 Å². The molecule has 0 saturated heterocycles. The van der Waals surface area contributed by atoms with Gasteiger partial charge in [0.2, 0.25) is 0 Å². The number of carbonyl (C=O) groups excluding carboxylic acids is 3. The third kappa shape index (κ3) is 8.71. The fraction of sp³-hybridized carbons (Fsp3) is 0.471. The van der Waals surface area contributed by atoms with Crippen LogP contribution in [0.25, 0.3) is 0 Å². The van der Waals surface area contributed by atoms with Crippen molar-refractivity contribution in [3.63, 3.8) is 0 Å². The van der Waals surface area contributed by atoms with Crippen LogP contribution in [0.15, 0.2) is 24.3 Å². The molecule has 1 rings (SSSR count). The number of amides is 3. The van der Waals surface area contributed by atoms with Crippen molar-refractivity contribution in [2.24, 2.45) is 0 Å². The Hall–Kier alpha value is -2.61. The number of imide groups is 1. The molecule has 0 unspecified atom stereocenters. The zero-order valence-corrected chi connectivity index (χ0v) is 14.5. The van der Waals surface area contributed by atoms with E-state index >= 15 is 0 Å². The quantitative estimate of drug-likeness (QED) is 0.488. The lowest BCUT2D eigenvalue weighted by Crippen LogP contribution is -2.42. The summed E-state index contributed by atoms with van der Waals surface area (Å²) in [6, 6.07) is 5.76. The van der Waals surface area contributed by atoms with Crippen molar-refractivity contribution in [2.45, 2.75) is 19.8 Å². The molecule has 3 amide bonds. The van der Waals surface area contributed by atoms with Crippen LogP contribution in [0.1, 0.15) is 30.1 Å². The summed E-state index contributed by atoms with van der Waals surface area (Å²) in [6.45, 7) is 2.73. The van der Waals surface area contributed by atoms with Gasteiger partial charge in [-0.2, -0.15) is 0 Å². The Morgan fingerprint density at radius 1 is 1.08 bits per heavy atom. The van der Waals surface area contributed by atoms with Gasteiger partial charge < -0.3 is 19.5 Å². The van der Waals surface area contributed by atoms with Gasteiger partial charge in [0.25, 0.3) is 5.91 Å². The lowest BCUT2D eigenvalue weighted by atomic mass is 10.2. The highest BCUT2D eigenvalue weighted by Crippen LogP contribution is 2.13. The molecule has 0 bridgehead atoms. The first-order valence-electron chi connectivity index (χ1n) is 8.03. The van der Waals surface area contributed by atoms with Crippen molar-refractivity contribution in [2.75, 3.05) is 33.5 Å². The van der Waals surface area contributed by atoms with E-state index in [2.05, 4.69) is 12.2 Å². The highest BCUT2D eigenvalue weighted by atomic mass is 16.5. The Morgan fingerprint density at radius 3 is 2.44 bits per heavy atom. The summed E-state index contributed by atoms with van der Waals surface area (Å²) >= 11 is 0. The van der Waals surface area contributed by atoms with E-state index in [-0.39, 0.29) is 6.54 Å². The van der Waals surface area contributed by atoms with Crippen molar-refractivity contribution in [3.05, 3.63) is 29.8 Å². The molecule has 0 radical (unpaired) electrons. The number of hydrogen-bond donors (Lipinski definition) is 2. The van der Waals surface area contributed by atoms with Crippen molar-refractivity contribution < 1.29 is 28.6 Å². The maximum absolute atomic E-state index is 11.9. The minimum atomic E-state index is -0.720. The first kappa shape index (κ1) is 20.4. The molecule has 8 nitrogen and oxygen atoms in total. The van der Waals surface area contributed by atoms with E-state index in [1.807, 2.05) is 5.32 Å². The van der Waals surface area contributed by atoms with Gasteiger partial charge in [0.15, 0.2) is 6.61 Å². The van der Waals surface area contributed by atoms with Crippen LogP contribution in [-0.2, 0) is 14.3 Å². The van der Waals surface area contributed by atoms with Gasteiger partial charge in [-0.05, 0) is 30.7 Å². The summed E-state index contributed by atoms with van der Waals surface area (Å²) < 4.78 is 15.1. The number of methoxy groups -OCH3 is 1. The molecule has 2 N–H and O–H groups in total. The number of rotatable bonds is 10. The molecule has 8 heteroatoms. The number of benzene rings is 1. The molecule has 0 atom stereocenters. The Balaban J connectivity index is 2.33. The molecule has 0 saturated carbocycles. The number of ether oxygens (including phenoxy) is 3. The topological polar surface area (TPSA) is 103 Å². The van der Waals surface area contributed by atoms with Crippen LogP contribution in [0.3, 0.4) is 0 Å². The third-order valence-corrected chi connectivity index (χ3v) is 3.04. The van der Waals surface area contributed by atoms with Gasteiger partial charge in [-0.25, -0.2) is 9.59 Å². The number of carbonyl (C=O) groups is 3. The molecule has 0 aromatic heterocycles. The van der Waals surface area contributed by atoms with E-state index in [4.69, 9.17) is 14.2 Å². The Bertz CT molecular complexity index is 559. The average Bonchev–Trinajstić information content (AvgIpc) is 2.60. The van der Waals surface area contributed by atoms with Crippen molar-refractivity contribution in [1.29, 1.82) is 0 Å². The molecule has 0 aliphatic rings. The van der Waals surface area contributed by atoms with E-state index in [1.165, 1.54) is 7.11 Å². The molecule has 0 fully saturated rings. The summed E-state index contributed by atoms with van der Waals surface area (Å²) in [4.78, 5) is 34.7. The Kier molecular flexibility index (Phi) is 9.69. The highest BCUT2D eigenvalue weighted by molar-refractivity contribution is 5.97. The monoisotopic (exact) mass is 352 g/mol. The highest BCUT2D eigenvalue weighted by Gasteiger charge is 2.12. The number of hydrogen-bond acceptors (Lipinski definition) is 6. The average molecular weight is 352 g/mol. The predicted molar refractivity (Wildman–Crippen MR) is 90.5 cm³/mol. The molecule has 0 heterocycles. The molecule has 138 valence electrons. The second kappa shape index (κ2) is 11.9. The molecule has 1 aromatic carbocycles. The molecule has 1 aromatic rings. The van der Waals surface area contributed by atoms with E-state index in [9.17, 15) is 14.4 Å². The van der Waals surface area contributed by atoms with Crippen LogP contribution in [0.2, 0.25) is 0 Å². The number of esters is 1. The number of urea groups is 1. The minimum Gasteiger partial charge on any atom is -0.494 e. The smallest absolute Gasteiger partial charge is 0.338 e. The fourth-order valence-electron chi connectivity index (χ4n) is 1.71. The summed E-state index contributed by atoms with van der Waals surface area (Å²) in [5.74, 6) is -0.715. The van der Waals surface area contributed by atoms with Crippen LogP contribution in [0, 0.1) is 0 Å². The maximum Gasteiger partial charge on any atom is 0.338 e. The van der Waals surface area contributed by atoms with Gasteiger partial charge in [-0.1, -0.05) is 13.3 Å². The largest absolute Gasteiger partial charge is 0.494 e. The maximum atomic E-state index is 11.9. The van der Waals surface area contributed by atoms with Crippen LogP contribution in [-0.4, -0.2) is 51.4 Å². The van der Waals surface area contributed by atoms with Gasteiger partial charge in [-0.15, -0.1) is 0 Å². The van der Waals surface area contributed by atoms with Gasteiger partial charge in [0, 0.05) is 13.7 Å². The van der Waals surface area contributed by atoms with Crippen LogP contribution >= 0.6 is 0 Å². The van der Waals surface area contributed by atoms with E-state index < -0.39 is 24.5 Å². The molecule has 0 spiro atoms. The van der Waals surface area contributed by atoms with E-state index in [0.29, 0.717) is 24.5 Å². The number of unbranched alkanes of at least 4 members (excludes halogenated alkanes) is 1. The normalized spacial score (nSPS) is 10.0. The summed E-state index contributed by atoms with van der Waals surface area (Å²) in [6.07, 6.45) is 1.99. The lowest BCUT2D eigenvalue weighted by molar-refractivity contribution is -0.123. The first-order valence-corrected chi connectivity index (χ1v) is 8.03. The van der Waals surface area contributed by atoms with Gasteiger partial charge in [0.1, 0.15) is 5.75 Å². The Morgan fingerprint density at radius 2 is 1.80 bits per heavy atom. The summed E-state index contributed by atoms with van der Waals surface area (Å²) in [7, 11) is 1.49. The zero-order valence-electron chi connectivity index (χ0n) is 14.5. The van der Waals surface area contributed by atoms with Crippen LogP contribution < -0.4 is 15.4 Å². The summed E-state index contributed by atoms with van der Waals surface area (Å²) in [5, 5.41) is 4.45. The molecule has 25 heavy (non-hydrogen) atoms. The van der Waals surface area contributed by atoms with Gasteiger partial charge in [-0.3, -0.25) is 10.1 Å². The predicted octanol–water partition coefficient (Wildman–Crippen LogP) is 1.49. The van der Waals surface area contributed by atoms with Crippen molar-refractivity contribution in [3.8, 4) is 5.75 Å². The fourth-order valence-corrected chi connectivity index (χ4v) is 1.71. The second-order valence-corrected chi connectivity index (χ2v) is 5.10.